The summed E-state index contributed by atoms with van der Waals surface area (Å²) in [5.41, 5.74) is 0.600. The predicted octanol–water partition coefficient (Wildman–Crippen LogP) is 3.96. The maximum Gasteiger partial charge on any atom is 0.187 e. The highest BCUT2D eigenvalue weighted by Gasteiger charge is 2.14. The van der Waals surface area contributed by atoms with Gasteiger partial charge in [0.25, 0.3) is 0 Å². The van der Waals surface area contributed by atoms with E-state index in [9.17, 15) is 9.18 Å². The maximum absolute atomic E-state index is 13.5. The molecule has 1 heterocycles. The molecule has 0 fully saturated rings. The molecule has 100 valence electrons. The Labute approximate surface area is 124 Å². The van der Waals surface area contributed by atoms with Crippen LogP contribution >= 0.6 is 27.3 Å². The molecule has 0 saturated heterocycles. The van der Waals surface area contributed by atoms with E-state index in [1.54, 1.807) is 18.2 Å². The van der Waals surface area contributed by atoms with Gasteiger partial charge in [-0.2, -0.15) is 0 Å². The monoisotopic (exact) mass is 341 g/mol. The zero-order valence-corrected chi connectivity index (χ0v) is 12.8. The average molecular weight is 342 g/mol. The second-order valence-corrected chi connectivity index (χ2v) is 6.05. The van der Waals surface area contributed by atoms with Gasteiger partial charge in [-0.25, -0.2) is 4.39 Å². The molecule has 19 heavy (non-hydrogen) atoms. The van der Waals surface area contributed by atoms with E-state index in [0.29, 0.717) is 17.0 Å². The number of benzene rings is 1. The summed E-state index contributed by atoms with van der Waals surface area (Å²) in [5.74, 6) is -0.195. The van der Waals surface area contributed by atoms with Crippen LogP contribution in [0.15, 0.2) is 40.2 Å². The number of carbonyl (C=O) groups is 1. The number of hydrogen-bond donors (Lipinski definition) is 0. The minimum absolute atomic E-state index is 0.0423. The highest BCUT2D eigenvalue weighted by Crippen LogP contribution is 2.23. The summed E-state index contributed by atoms with van der Waals surface area (Å²) in [6.07, 6.45) is 0. The van der Waals surface area contributed by atoms with Crippen LogP contribution in [0.1, 0.15) is 15.2 Å². The first-order chi connectivity index (χ1) is 9.08. The van der Waals surface area contributed by atoms with Gasteiger partial charge in [0.1, 0.15) is 5.82 Å². The third kappa shape index (κ3) is 3.72. The molecule has 0 amide bonds. The second kappa shape index (κ2) is 6.41. The second-order valence-electron chi connectivity index (χ2n) is 4.28. The summed E-state index contributed by atoms with van der Waals surface area (Å²) in [4.78, 5) is 14.6. The normalized spacial score (nSPS) is 10.9. The Morgan fingerprint density at radius 3 is 2.74 bits per heavy atom. The molecule has 0 bridgehead atoms. The number of Topliss-reactive ketones (excluding diaryl/α,β-unsaturated/α-hetero) is 1. The number of halogens is 2. The number of nitrogens with zero attached hydrogens (tertiary/aromatic N) is 1. The lowest BCUT2D eigenvalue weighted by Gasteiger charge is -2.15. The van der Waals surface area contributed by atoms with Crippen LogP contribution in [-0.4, -0.2) is 24.3 Å². The molecule has 2 rings (SSSR count). The Morgan fingerprint density at radius 2 is 2.11 bits per heavy atom. The van der Waals surface area contributed by atoms with Crippen LogP contribution in [0.25, 0.3) is 0 Å². The first-order valence-corrected chi connectivity index (χ1v) is 7.43. The molecule has 0 saturated carbocycles. The number of ketones is 1. The maximum atomic E-state index is 13.5. The average Bonchev–Trinajstić information content (AvgIpc) is 2.78. The molecule has 0 aliphatic rings. The largest absolute Gasteiger partial charge is 0.294 e. The molecule has 0 N–H and O–H groups in total. The van der Waals surface area contributed by atoms with Crippen LogP contribution in [0.2, 0.25) is 0 Å². The van der Waals surface area contributed by atoms with Crippen LogP contribution in [0.4, 0.5) is 4.39 Å². The van der Waals surface area contributed by atoms with Gasteiger partial charge in [-0.15, -0.1) is 11.3 Å². The van der Waals surface area contributed by atoms with Gasteiger partial charge in [-0.05, 0) is 40.5 Å². The van der Waals surface area contributed by atoms with Crippen LogP contribution in [0, 0.1) is 5.82 Å². The van der Waals surface area contributed by atoms with Crippen LogP contribution in [0.3, 0.4) is 0 Å². The Hall–Kier alpha value is -1.04. The van der Waals surface area contributed by atoms with Crippen molar-refractivity contribution in [3.63, 3.8) is 0 Å². The number of hydrogen-bond acceptors (Lipinski definition) is 3. The number of carbonyl (C=O) groups excluding carboxylic acids is 1. The van der Waals surface area contributed by atoms with Gasteiger partial charge >= 0.3 is 0 Å². The molecule has 0 atom stereocenters. The van der Waals surface area contributed by atoms with Crippen LogP contribution in [0.5, 0.6) is 0 Å². The molecule has 0 spiro atoms. The molecule has 1 aromatic carbocycles. The van der Waals surface area contributed by atoms with Crippen molar-refractivity contribution in [1.82, 2.24) is 4.90 Å². The Kier molecular flexibility index (Phi) is 4.85. The van der Waals surface area contributed by atoms with Gasteiger partial charge in [0.05, 0.1) is 11.4 Å². The van der Waals surface area contributed by atoms with Gasteiger partial charge < -0.3 is 0 Å². The summed E-state index contributed by atoms with van der Waals surface area (Å²) in [7, 11) is 1.81. The van der Waals surface area contributed by atoms with Gasteiger partial charge in [-0.3, -0.25) is 9.69 Å². The molecule has 1 aromatic heterocycles. The number of likely N-dealkylation sites (N-methyl/N-ethyl adjacent to an activating group) is 1. The molecule has 2 nitrogen and oxygen atoms in total. The van der Waals surface area contributed by atoms with Crippen molar-refractivity contribution in [1.29, 1.82) is 0 Å². The van der Waals surface area contributed by atoms with Crippen molar-refractivity contribution in [2.24, 2.45) is 0 Å². The number of thiophene rings is 1. The zero-order valence-electron chi connectivity index (χ0n) is 10.4. The first kappa shape index (κ1) is 14.4. The lowest BCUT2D eigenvalue weighted by molar-refractivity contribution is 0.0945. The van der Waals surface area contributed by atoms with Crippen molar-refractivity contribution in [3.05, 3.63) is 56.4 Å². The zero-order chi connectivity index (χ0) is 13.8. The summed E-state index contributed by atoms with van der Waals surface area (Å²) in [6.45, 7) is 0.689. The van der Waals surface area contributed by atoms with Crippen LogP contribution < -0.4 is 0 Å². The smallest absolute Gasteiger partial charge is 0.187 e. The summed E-state index contributed by atoms with van der Waals surface area (Å²) >= 11 is 4.76. The molecule has 5 heteroatoms. The lowest BCUT2D eigenvalue weighted by Crippen LogP contribution is -2.25. The highest BCUT2D eigenvalue weighted by atomic mass is 79.9. The summed E-state index contributed by atoms with van der Waals surface area (Å²) in [5, 5.41) is 1.87. The Balaban J connectivity index is 1.99. The van der Waals surface area contributed by atoms with Gasteiger partial charge in [0.2, 0.25) is 0 Å². The fourth-order valence-corrected chi connectivity index (χ4v) is 3.31. The summed E-state index contributed by atoms with van der Waals surface area (Å²) < 4.78 is 14.3. The van der Waals surface area contributed by atoms with Gasteiger partial charge in [0, 0.05) is 16.6 Å². The molecule has 0 unspecified atom stereocenters. The quantitative estimate of drug-likeness (QED) is 0.767. The van der Waals surface area contributed by atoms with Crippen molar-refractivity contribution < 1.29 is 9.18 Å². The third-order valence-electron chi connectivity index (χ3n) is 2.68. The standard InChI is InChI=1S/C14H13BrFNOS/c1-17(8-10-4-2-3-5-12(10)16)9-13(18)14-11(15)6-7-19-14/h2-7H,8-9H2,1H3. The Bertz CT molecular complexity index is 584. The predicted molar refractivity (Wildman–Crippen MR) is 79.1 cm³/mol. The molecular formula is C14H13BrFNOS. The molecule has 0 aliphatic carbocycles. The van der Waals surface area contributed by atoms with E-state index in [0.717, 1.165) is 4.47 Å². The van der Waals surface area contributed by atoms with E-state index in [1.165, 1.54) is 17.4 Å². The Morgan fingerprint density at radius 1 is 1.37 bits per heavy atom. The van der Waals surface area contributed by atoms with Gasteiger partial charge in [0.15, 0.2) is 5.78 Å². The molecule has 0 aliphatic heterocycles. The van der Waals surface area contributed by atoms with E-state index >= 15 is 0 Å². The molecule has 0 radical (unpaired) electrons. The third-order valence-corrected chi connectivity index (χ3v) is 4.56. The van der Waals surface area contributed by atoms with E-state index in [1.807, 2.05) is 23.4 Å². The van der Waals surface area contributed by atoms with Crippen molar-refractivity contribution >= 4 is 33.0 Å². The fraction of sp³-hybridized carbons (Fsp3) is 0.214. The van der Waals surface area contributed by atoms with Gasteiger partial charge in [-0.1, -0.05) is 18.2 Å². The lowest BCUT2D eigenvalue weighted by atomic mass is 10.2. The van der Waals surface area contributed by atoms with E-state index in [4.69, 9.17) is 0 Å². The van der Waals surface area contributed by atoms with Crippen molar-refractivity contribution in [2.45, 2.75) is 6.54 Å². The van der Waals surface area contributed by atoms with Crippen molar-refractivity contribution in [2.75, 3.05) is 13.6 Å². The molecule has 2 aromatic rings. The minimum Gasteiger partial charge on any atom is -0.294 e. The highest BCUT2D eigenvalue weighted by molar-refractivity contribution is 9.10. The van der Waals surface area contributed by atoms with Crippen LogP contribution in [-0.2, 0) is 6.54 Å². The van der Waals surface area contributed by atoms with E-state index in [2.05, 4.69) is 15.9 Å². The van der Waals surface area contributed by atoms with E-state index in [-0.39, 0.29) is 18.1 Å². The first-order valence-electron chi connectivity index (χ1n) is 5.76. The summed E-state index contributed by atoms with van der Waals surface area (Å²) in [6, 6.07) is 8.48. The number of rotatable bonds is 5. The van der Waals surface area contributed by atoms with E-state index < -0.39 is 0 Å². The fourth-order valence-electron chi connectivity index (χ4n) is 1.78. The topological polar surface area (TPSA) is 20.3 Å². The van der Waals surface area contributed by atoms with Crippen molar-refractivity contribution in [3.8, 4) is 0 Å². The SMILES string of the molecule is CN(CC(=O)c1sccc1Br)Cc1ccccc1F. The molecular weight excluding hydrogens is 329 g/mol. The minimum atomic E-state index is -0.237.